The highest BCUT2D eigenvalue weighted by Crippen LogP contribution is 2.15. The molecule has 0 aromatic heterocycles. The van der Waals surface area contributed by atoms with Gasteiger partial charge in [0.15, 0.2) is 0 Å². The van der Waals surface area contributed by atoms with Gasteiger partial charge in [-0.05, 0) is 19.3 Å². The molecular weight excluding hydrogens is 256 g/mol. The van der Waals surface area contributed by atoms with Crippen LogP contribution in [0.15, 0.2) is 0 Å². The summed E-state index contributed by atoms with van der Waals surface area (Å²) in [5, 5.41) is -0.834. The fraction of sp³-hybridized carbons (Fsp3) is 1.00. The average molecular weight is 274 g/mol. The average Bonchev–Trinajstić information content (AvgIpc) is 2.06. The van der Waals surface area contributed by atoms with Gasteiger partial charge in [-0.25, -0.2) is 0 Å². The first-order valence-corrected chi connectivity index (χ1v) is 8.19. The number of hydrogen-bond acceptors (Lipinski definition) is 4. The monoisotopic (exact) mass is 274 g/mol. The Morgan fingerprint density at radius 2 is 1.56 bits per heavy atom. The van der Waals surface area contributed by atoms with Gasteiger partial charge in [0, 0.05) is 0 Å². The van der Waals surface area contributed by atoms with E-state index in [1.54, 1.807) is 6.92 Å². The summed E-state index contributed by atoms with van der Waals surface area (Å²) < 4.78 is 59.9. The normalized spacial score (nSPS) is 14.9. The van der Waals surface area contributed by atoms with Gasteiger partial charge in [-0.15, -0.1) is 0 Å². The lowest BCUT2D eigenvalue weighted by Gasteiger charge is -2.11. The van der Waals surface area contributed by atoms with E-state index in [-0.39, 0.29) is 18.6 Å². The van der Waals surface area contributed by atoms with Crippen molar-refractivity contribution in [3.8, 4) is 0 Å². The molecule has 0 rings (SSSR count). The van der Waals surface area contributed by atoms with Crippen LogP contribution in [0, 0.1) is 0 Å². The molecule has 0 spiro atoms. The highest BCUT2D eigenvalue weighted by molar-refractivity contribution is 7.86. The molecule has 1 unspecified atom stereocenters. The molecule has 0 heterocycles. The quantitative estimate of drug-likeness (QED) is 0.507. The van der Waals surface area contributed by atoms with Crippen molar-refractivity contribution in [1.82, 2.24) is 0 Å². The van der Waals surface area contributed by atoms with E-state index in [0.717, 1.165) is 0 Å². The second-order valence-corrected chi connectivity index (χ2v) is 6.98. The number of hydrogen-bond donors (Lipinski definition) is 2. The zero-order chi connectivity index (χ0) is 12.8. The molecule has 0 radical (unpaired) electrons. The first-order chi connectivity index (χ1) is 7.17. The Kier molecular flexibility index (Phi) is 6.46. The Hall–Kier alpha value is -0.180. The topological polar surface area (TPSA) is 109 Å². The van der Waals surface area contributed by atoms with Gasteiger partial charge in [0.25, 0.3) is 20.2 Å². The van der Waals surface area contributed by atoms with Crippen molar-refractivity contribution in [3.05, 3.63) is 0 Å². The van der Waals surface area contributed by atoms with Gasteiger partial charge in [-0.1, -0.05) is 19.8 Å². The van der Waals surface area contributed by atoms with Crippen LogP contribution in [0.1, 0.15) is 39.0 Å². The molecule has 16 heavy (non-hydrogen) atoms. The van der Waals surface area contributed by atoms with E-state index < -0.39 is 25.5 Å². The van der Waals surface area contributed by atoms with E-state index in [9.17, 15) is 16.8 Å². The van der Waals surface area contributed by atoms with Crippen LogP contribution >= 0.6 is 0 Å². The van der Waals surface area contributed by atoms with Gasteiger partial charge in [-0.2, -0.15) is 16.8 Å². The Balaban J connectivity index is 4.06. The first kappa shape index (κ1) is 15.8. The van der Waals surface area contributed by atoms with Gasteiger partial charge in [0.2, 0.25) is 0 Å². The molecule has 0 aromatic rings. The second kappa shape index (κ2) is 6.53. The van der Waals surface area contributed by atoms with Crippen LogP contribution < -0.4 is 0 Å². The molecule has 0 amide bonds. The van der Waals surface area contributed by atoms with Crippen molar-refractivity contribution in [2.24, 2.45) is 0 Å². The van der Waals surface area contributed by atoms with E-state index in [2.05, 4.69) is 0 Å². The summed E-state index contributed by atoms with van der Waals surface area (Å²) in [4.78, 5) is 0. The van der Waals surface area contributed by atoms with Crippen LogP contribution in [0.2, 0.25) is 0 Å². The lowest BCUT2D eigenvalue weighted by molar-refractivity contribution is 0.450. The first-order valence-electron chi connectivity index (χ1n) is 5.08. The largest absolute Gasteiger partial charge is 0.286 e. The van der Waals surface area contributed by atoms with Crippen molar-refractivity contribution in [1.29, 1.82) is 0 Å². The van der Waals surface area contributed by atoms with E-state index in [1.807, 2.05) is 0 Å². The smallest absolute Gasteiger partial charge is 0.267 e. The highest BCUT2D eigenvalue weighted by atomic mass is 32.2. The Morgan fingerprint density at radius 1 is 1.00 bits per heavy atom. The molecule has 0 bridgehead atoms. The summed E-state index contributed by atoms with van der Waals surface area (Å²) in [6, 6.07) is 0. The summed E-state index contributed by atoms with van der Waals surface area (Å²) in [5.41, 5.74) is 0. The van der Waals surface area contributed by atoms with E-state index in [1.165, 1.54) is 0 Å². The molecule has 0 aliphatic heterocycles. The highest BCUT2D eigenvalue weighted by Gasteiger charge is 2.21. The fourth-order valence-corrected chi connectivity index (χ4v) is 2.99. The predicted molar refractivity (Wildman–Crippen MR) is 60.5 cm³/mol. The summed E-state index contributed by atoms with van der Waals surface area (Å²) in [5.74, 6) is -0.378. The predicted octanol–water partition coefficient (Wildman–Crippen LogP) is 1.10. The van der Waals surface area contributed by atoms with Crippen LogP contribution in [-0.4, -0.2) is 36.9 Å². The zero-order valence-electron chi connectivity index (χ0n) is 9.16. The standard InChI is InChI=1S/C8H18O6S2/c1-2-5-8(16(12,13)14)6-3-4-7-15(9,10)11/h8H,2-7H2,1H3,(H,9,10,11)(H,12,13,14). The molecule has 1 atom stereocenters. The molecule has 0 fully saturated rings. The molecule has 98 valence electrons. The second-order valence-electron chi connectivity index (χ2n) is 3.71. The van der Waals surface area contributed by atoms with Gasteiger partial charge in [0.1, 0.15) is 0 Å². The summed E-state index contributed by atoms with van der Waals surface area (Å²) in [6.45, 7) is 1.80. The molecule has 0 aliphatic carbocycles. The minimum atomic E-state index is -4.05. The zero-order valence-corrected chi connectivity index (χ0v) is 10.8. The molecule has 6 nitrogen and oxygen atoms in total. The molecular formula is C8H18O6S2. The maximum atomic E-state index is 10.9. The van der Waals surface area contributed by atoms with Gasteiger partial charge >= 0.3 is 0 Å². The lowest BCUT2D eigenvalue weighted by Crippen LogP contribution is -2.20. The third-order valence-electron chi connectivity index (χ3n) is 2.21. The van der Waals surface area contributed by atoms with E-state index in [4.69, 9.17) is 9.11 Å². The van der Waals surface area contributed by atoms with Crippen LogP contribution in [0.4, 0.5) is 0 Å². The SMILES string of the molecule is CCCC(CCCCS(=O)(=O)O)S(=O)(=O)O. The maximum Gasteiger partial charge on any atom is 0.267 e. The van der Waals surface area contributed by atoms with Crippen molar-refractivity contribution in [3.63, 3.8) is 0 Å². The van der Waals surface area contributed by atoms with Crippen LogP contribution in [0.5, 0.6) is 0 Å². The Morgan fingerprint density at radius 3 is 1.94 bits per heavy atom. The minimum absolute atomic E-state index is 0.189. The maximum absolute atomic E-state index is 10.9. The molecule has 2 N–H and O–H groups in total. The number of unbranched alkanes of at least 4 members (excludes halogenated alkanes) is 1. The molecule has 0 aromatic carbocycles. The fourth-order valence-electron chi connectivity index (χ4n) is 1.42. The molecule has 0 saturated carbocycles. The van der Waals surface area contributed by atoms with E-state index in [0.29, 0.717) is 19.3 Å². The molecule has 8 heteroatoms. The van der Waals surface area contributed by atoms with Crippen molar-refractivity contribution >= 4 is 20.2 Å². The summed E-state index contributed by atoms with van der Waals surface area (Å²) in [6.07, 6.45) is 1.72. The van der Waals surface area contributed by atoms with Crippen LogP contribution in [0.3, 0.4) is 0 Å². The van der Waals surface area contributed by atoms with Gasteiger partial charge < -0.3 is 0 Å². The van der Waals surface area contributed by atoms with Crippen molar-refractivity contribution < 1.29 is 25.9 Å². The van der Waals surface area contributed by atoms with Crippen molar-refractivity contribution in [2.45, 2.75) is 44.3 Å². The lowest BCUT2D eigenvalue weighted by atomic mass is 10.1. The summed E-state index contributed by atoms with van der Waals surface area (Å²) >= 11 is 0. The third kappa shape index (κ3) is 8.03. The van der Waals surface area contributed by atoms with Gasteiger partial charge in [-0.3, -0.25) is 9.11 Å². The Labute approximate surface area is 96.6 Å². The van der Waals surface area contributed by atoms with Crippen LogP contribution in [0.25, 0.3) is 0 Å². The van der Waals surface area contributed by atoms with E-state index >= 15 is 0 Å². The number of rotatable bonds is 8. The third-order valence-corrected chi connectivity index (χ3v) is 4.33. The molecule has 0 saturated heterocycles. The van der Waals surface area contributed by atoms with Crippen molar-refractivity contribution in [2.75, 3.05) is 5.75 Å². The minimum Gasteiger partial charge on any atom is -0.286 e. The van der Waals surface area contributed by atoms with Gasteiger partial charge in [0.05, 0.1) is 11.0 Å². The van der Waals surface area contributed by atoms with Crippen LogP contribution in [-0.2, 0) is 20.2 Å². The molecule has 0 aliphatic rings. The summed E-state index contributed by atoms with van der Waals surface area (Å²) in [7, 11) is -8.04. The Bertz CT molecular complexity index is 383.